The fourth-order valence-corrected chi connectivity index (χ4v) is 3.22. The van der Waals surface area contributed by atoms with Crippen molar-refractivity contribution in [3.05, 3.63) is 41.4 Å². The summed E-state index contributed by atoms with van der Waals surface area (Å²) in [5.41, 5.74) is 0.323. The van der Waals surface area contributed by atoms with Gasteiger partial charge in [-0.2, -0.15) is 0 Å². The highest BCUT2D eigenvalue weighted by Crippen LogP contribution is 2.45. The molecule has 1 aromatic carbocycles. The number of rotatable bonds is 4. The lowest BCUT2D eigenvalue weighted by Crippen LogP contribution is -2.60. The summed E-state index contributed by atoms with van der Waals surface area (Å²) >= 11 is 1.45. The molecule has 0 radical (unpaired) electrons. The van der Waals surface area contributed by atoms with Gasteiger partial charge in [0.25, 0.3) is 11.8 Å². The van der Waals surface area contributed by atoms with Crippen molar-refractivity contribution in [1.29, 1.82) is 0 Å². The summed E-state index contributed by atoms with van der Waals surface area (Å²) in [6.07, 6.45) is 1.05. The second-order valence-corrected chi connectivity index (χ2v) is 6.66. The largest absolute Gasteiger partial charge is 0.346 e. The van der Waals surface area contributed by atoms with E-state index in [0.29, 0.717) is 5.56 Å². The van der Waals surface area contributed by atoms with E-state index in [1.807, 2.05) is 11.4 Å². The SMILES string of the molecule is CC1(NC(=O)c2cccc(Nc3nccs3)c2)CC(F)(F)C1. The highest BCUT2D eigenvalue weighted by Gasteiger charge is 2.54. The third-order valence-electron chi connectivity index (χ3n) is 3.52. The molecule has 4 nitrogen and oxygen atoms in total. The van der Waals surface area contributed by atoms with Crippen molar-refractivity contribution in [2.24, 2.45) is 0 Å². The second kappa shape index (κ2) is 5.31. The molecule has 2 N–H and O–H groups in total. The van der Waals surface area contributed by atoms with Gasteiger partial charge in [0.1, 0.15) is 0 Å². The number of anilines is 2. The molecule has 1 amide bonds. The fourth-order valence-electron chi connectivity index (χ4n) is 2.67. The highest BCUT2D eigenvalue weighted by molar-refractivity contribution is 7.13. The van der Waals surface area contributed by atoms with Crippen LogP contribution in [0.4, 0.5) is 19.6 Å². The summed E-state index contributed by atoms with van der Waals surface area (Å²) < 4.78 is 26.0. The van der Waals surface area contributed by atoms with Gasteiger partial charge in [0.15, 0.2) is 5.13 Å². The molecule has 1 aliphatic rings. The van der Waals surface area contributed by atoms with Gasteiger partial charge in [-0.25, -0.2) is 13.8 Å². The molecular formula is C15H15F2N3OS. The molecule has 7 heteroatoms. The van der Waals surface area contributed by atoms with E-state index < -0.39 is 11.5 Å². The van der Waals surface area contributed by atoms with Gasteiger partial charge in [0, 0.05) is 41.2 Å². The van der Waals surface area contributed by atoms with Gasteiger partial charge in [0.05, 0.1) is 0 Å². The van der Waals surface area contributed by atoms with E-state index in [-0.39, 0.29) is 18.7 Å². The molecule has 0 atom stereocenters. The van der Waals surface area contributed by atoms with E-state index in [1.54, 1.807) is 31.3 Å². The first kappa shape index (κ1) is 14.9. The topological polar surface area (TPSA) is 54.0 Å². The van der Waals surface area contributed by atoms with Crippen molar-refractivity contribution in [3.8, 4) is 0 Å². The first-order valence-corrected chi connectivity index (χ1v) is 7.70. The fraction of sp³-hybridized carbons (Fsp3) is 0.333. The maximum Gasteiger partial charge on any atom is 0.252 e. The summed E-state index contributed by atoms with van der Waals surface area (Å²) in [6.45, 7) is 1.64. The molecule has 0 saturated heterocycles. The van der Waals surface area contributed by atoms with Crippen molar-refractivity contribution < 1.29 is 13.6 Å². The number of hydrogen-bond donors (Lipinski definition) is 2. The number of halogens is 2. The van der Waals surface area contributed by atoms with Crippen LogP contribution in [-0.4, -0.2) is 22.4 Å². The molecule has 116 valence electrons. The van der Waals surface area contributed by atoms with E-state index in [4.69, 9.17) is 0 Å². The Morgan fingerprint density at radius 3 is 2.77 bits per heavy atom. The maximum atomic E-state index is 13.0. The average Bonchev–Trinajstić information content (AvgIpc) is 2.89. The minimum Gasteiger partial charge on any atom is -0.346 e. The smallest absolute Gasteiger partial charge is 0.252 e. The van der Waals surface area contributed by atoms with E-state index in [0.717, 1.165) is 10.8 Å². The lowest BCUT2D eigenvalue weighted by Gasteiger charge is -2.45. The molecule has 2 aromatic rings. The summed E-state index contributed by atoms with van der Waals surface area (Å²) in [7, 11) is 0. The molecular weight excluding hydrogens is 308 g/mol. The normalized spacial score (nSPS) is 18.3. The highest BCUT2D eigenvalue weighted by atomic mass is 32.1. The zero-order valence-corrected chi connectivity index (χ0v) is 12.7. The Kier molecular flexibility index (Phi) is 3.60. The van der Waals surface area contributed by atoms with Gasteiger partial charge >= 0.3 is 0 Å². The van der Waals surface area contributed by atoms with Crippen LogP contribution in [0.2, 0.25) is 0 Å². The van der Waals surface area contributed by atoms with Crippen LogP contribution in [0.5, 0.6) is 0 Å². The third kappa shape index (κ3) is 3.24. The van der Waals surface area contributed by atoms with Crippen LogP contribution in [-0.2, 0) is 0 Å². The number of carbonyl (C=O) groups excluding carboxylic acids is 1. The Morgan fingerprint density at radius 1 is 1.36 bits per heavy atom. The molecule has 0 aliphatic heterocycles. The first-order chi connectivity index (χ1) is 10.4. The van der Waals surface area contributed by atoms with Crippen molar-refractivity contribution in [1.82, 2.24) is 10.3 Å². The summed E-state index contributed by atoms with van der Waals surface area (Å²) in [6, 6.07) is 6.89. The molecule has 1 fully saturated rings. The molecule has 1 saturated carbocycles. The summed E-state index contributed by atoms with van der Waals surface area (Å²) in [5, 5.41) is 8.35. The number of aromatic nitrogens is 1. The number of alkyl halides is 2. The number of hydrogen-bond acceptors (Lipinski definition) is 4. The standard InChI is InChI=1S/C15H15F2N3OS/c1-14(8-15(16,17)9-14)20-12(21)10-3-2-4-11(7-10)19-13-18-5-6-22-13/h2-7H,8-9H2,1H3,(H,18,19)(H,20,21). The van der Waals surface area contributed by atoms with Crippen LogP contribution in [0.3, 0.4) is 0 Å². The Bertz CT molecular complexity index is 680. The van der Waals surface area contributed by atoms with E-state index in [9.17, 15) is 13.6 Å². The summed E-state index contributed by atoms with van der Waals surface area (Å²) in [4.78, 5) is 16.3. The zero-order chi connectivity index (χ0) is 15.8. The first-order valence-electron chi connectivity index (χ1n) is 6.82. The molecule has 0 spiro atoms. The van der Waals surface area contributed by atoms with Crippen molar-refractivity contribution in [3.63, 3.8) is 0 Å². The second-order valence-electron chi connectivity index (χ2n) is 5.77. The van der Waals surface area contributed by atoms with Crippen LogP contribution in [0.1, 0.15) is 30.1 Å². The molecule has 3 rings (SSSR count). The van der Waals surface area contributed by atoms with E-state index in [2.05, 4.69) is 15.6 Å². The lowest BCUT2D eigenvalue weighted by molar-refractivity contribution is -0.124. The Morgan fingerprint density at radius 2 is 2.14 bits per heavy atom. The lowest BCUT2D eigenvalue weighted by atomic mass is 9.75. The molecule has 1 aliphatic carbocycles. The maximum absolute atomic E-state index is 13.0. The van der Waals surface area contributed by atoms with Crippen LogP contribution >= 0.6 is 11.3 Å². The van der Waals surface area contributed by atoms with Crippen LogP contribution in [0.15, 0.2) is 35.8 Å². The number of nitrogens with one attached hydrogen (secondary N) is 2. The van der Waals surface area contributed by atoms with Gasteiger partial charge < -0.3 is 10.6 Å². The van der Waals surface area contributed by atoms with Crippen LogP contribution < -0.4 is 10.6 Å². The number of amides is 1. The predicted molar refractivity (Wildman–Crippen MR) is 81.9 cm³/mol. The third-order valence-corrected chi connectivity index (χ3v) is 4.21. The van der Waals surface area contributed by atoms with Gasteiger partial charge in [-0.3, -0.25) is 4.79 Å². The number of nitrogens with zero attached hydrogens (tertiary/aromatic N) is 1. The monoisotopic (exact) mass is 323 g/mol. The van der Waals surface area contributed by atoms with E-state index in [1.165, 1.54) is 11.3 Å². The quantitative estimate of drug-likeness (QED) is 0.900. The minimum absolute atomic E-state index is 0.317. The zero-order valence-electron chi connectivity index (χ0n) is 11.9. The van der Waals surface area contributed by atoms with Gasteiger partial charge in [-0.05, 0) is 25.1 Å². The summed E-state index contributed by atoms with van der Waals surface area (Å²) in [5.74, 6) is -3.02. The molecule has 0 unspecified atom stereocenters. The number of carbonyl (C=O) groups is 1. The Balaban J connectivity index is 1.68. The average molecular weight is 323 g/mol. The molecule has 1 heterocycles. The van der Waals surface area contributed by atoms with E-state index >= 15 is 0 Å². The van der Waals surface area contributed by atoms with Crippen molar-refractivity contribution >= 4 is 28.1 Å². The molecule has 1 aromatic heterocycles. The van der Waals surface area contributed by atoms with Gasteiger partial charge in [0.2, 0.25) is 0 Å². The van der Waals surface area contributed by atoms with Gasteiger partial charge in [-0.1, -0.05) is 6.07 Å². The molecule has 22 heavy (non-hydrogen) atoms. The van der Waals surface area contributed by atoms with Crippen molar-refractivity contribution in [2.45, 2.75) is 31.2 Å². The molecule has 0 bridgehead atoms. The van der Waals surface area contributed by atoms with Crippen molar-refractivity contribution in [2.75, 3.05) is 5.32 Å². The predicted octanol–water partition coefficient (Wildman–Crippen LogP) is 3.80. The van der Waals surface area contributed by atoms with Crippen LogP contribution in [0, 0.1) is 0 Å². The number of thiazole rings is 1. The van der Waals surface area contributed by atoms with Crippen LogP contribution in [0.25, 0.3) is 0 Å². The van der Waals surface area contributed by atoms with Gasteiger partial charge in [-0.15, -0.1) is 11.3 Å². The minimum atomic E-state index is -2.67. The number of benzene rings is 1. The Hall–Kier alpha value is -2.02. The Labute approximate surface area is 130 Å².